The fourth-order valence-electron chi connectivity index (χ4n) is 3.74. The van der Waals surface area contributed by atoms with Gasteiger partial charge in [0.25, 0.3) is 15.9 Å². The first kappa shape index (κ1) is 21.5. The van der Waals surface area contributed by atoms with Crippen LogP contribution in [0.5, 0.6) is 0 Å². The molecule has 3 aromatic carbocycles. The molecule has 31 heavy (non-hydrogen) atoms. The number of nitrogens with zero attached hydrogens (tertiary/aromatic N) is 1. The summed E-state index contributed by atoms with van der Waals surface area (Å²) >= 11 is 1.63. The number of fused-ring (bicyclic) bond motifs is 1. The SMILES string of the molecule is CCSc1ccccc1C(=O)Nc1ccc2c(c1)CCCN2S(=O)(=O)c1ccccc1. The van der Waals surface area contributed by atoms with Gasteiger partial charge in [0, 0.05) is 17.1 Å². The summed E-state index contributed by atoms with van der Waals surface area (Å²) in [6.45, 7) is 2.50. The Bertz CT molecular complexity index is 1190. The Kier molecular flexibility index (Phi) is 6.34. The Balaban J connectivity index is 1.60. The summed E-state index contributed by atoms with van der Waals surface area (Å²) in [5, 5.41) is 2.97. The molecule has 0 saturated carbocycles. The molecule has 0 bridgehead atoms. The standard InChI is InChI=1S/C24H24N2O3S2/c1-2-30-23-13-7-6-12-21(23)24(27)25-19-14-15-22-18(17-19)9-8-16-26(22)31(28,29)20-10-4-3-5-11-20/h3-7,10-15,17H,2,8-9,16H2,1H3,(H,25,27). The minimum atomic E-state index is -3.62. The molecule has 0 spiro atoms. The molecule has 0 aromatic heterocycles. The fraction of sp³-hybridized carbons (Fsp3) is 0.208. The van der Waals surface area contributed by atoms with Crippen LogP contribution in [-0.2, 0) is 16.4 Å². The van der Waals surface area contributed by atoms with E-state index >= 15 is 0 Å². The lowest BCUT2D eigenvalue weighted by Gasteiger charge is -2.31. The van der Waals surface area contributed by atoms with Crippen molar-refractivity contribution in [1.82, 2.24) is 0 Å². The summed E-state index contributed by atoms with van der Waals surface area (Å²) in [4.78, 5) is 14.1. The average Bonchev–Trinajstić information content (AvgIpc) is 2.79. The number of thioether (sulfide) groups is 1. The van der Waals surface area contributed by atoms with E-state index in [9.17, 15) is 13.2 Å². The maximum atomic E-state index is 13.2. The van der Waals surface area contributed by atoms with Gasteiger partial charge in [-0.25, -0.2) is 8.42 Å². The van der Waals surface area contributed by atoms with Gasteiger partial charge < -0.3 is 5.32 Å². The first-order valence-electron chi connectivity index (χ1n) is 10.2. The third kappa shape index (κ3) is 4.48. The highest BCUT2D eigenvalue weighted by Gasteiger charge is 2.29. The van der Waals surface area contributed by atoms with Gasteiger partial charge in [0.05, 0.1) is 16.1 Å². The van der Waals surface area contributed by atoms with Gasteiger partial charge in [0.15, 0.2) is 0 Å². The van der Waals surface area contributed by atoms with E-state index in [4.69, 9.17) is 0 Å². The predicted molar refractivity (Wildman–Crippen MR) is 127 cm³/mol. The van der Waals surface area contributed by atoms with Crippen molar-refractivity contribution in [3.63, 3.8) is 0 Å². The van der Waals surface area contributed by atoms with Gasteiger partial charge in [-0.05, 0) is 66.6 Å². The highest BCUT2D eigenvalue weighted by atomic mass is 32.2. The summed E-state index contributed by atoms with van der Waals surface area (Å²) < 4.78 is 27.8. The third-order valence-electron chi connectivity index (χ3n) is 5.18. The van der Waals surface area contributed by atoms with Crippen LogP contribution in [0.4, 0.5) is 11.4 Å². The van der Waals surface area contributed by atoms with Gasteiger partial charge >= 0.3 is 0 Å². The van der Waals surface area contributed by atoms with Crippen molar-refractivity contribution in [2.45, 2.75) is 29.6 Å². The van der Waals surface area contributed by atoms with Crippen molar-refractivity contribution in [2.24, 2.45) is 0 Å². The number of hydrogen-bond acceptors (Lipinski definition) is 4. The number of rotatable bonds is 6. The molecule has 1 heterocycles. The highest BCUT2D eigenvalue weighted by Crippen LogP contribution is 2.34. The van der Waals surface area contributed by atoms with Crippen molar-refractivity contribution < 1.29 is 13.2 Å². The van der Waals surface area contributed by atoms with E-state index in [0.29, 0.717) is 23.5 Å². The van der Waals surface area contributed by atoms with E-state index < -0.39 is 10.0 Å². The molecule has 7 heteroatoms. The van der Waals surface area contributed by atoms with E-state index in [1.165, 1.54) is 4.31 Å². The molecule has 0 aliphatic carbocycles. The van der Waals surface area contributed by atoms with Crippen LogP contribution in [0, 0.1) is 0 Å². The van der Waals surface area contributed by atoms with E-state index in [2.05, 4.69) is 12.2 Å². The van der Waals surface area contributed by atoms with Crippen molar-refractivity contribution in [2.75, 3.05) is 21.9 Å². The number of aryl methyl sites for hydroxylation is 1. The molecule has 0 unspecified atom stereocenters. The first-order valence-corrected chi connectivity index (χ1v) is 12.7. The van der Waals surface area contributed by atoms with Crippen LogP contribution in [0.2, 0.25) is 0 Å². The van der Waals surface area contributed by atoms with E-state index in [-0.39, 0.29) is 10.8 Å². The van der Waals surface area contributed by atoms with Gasteiger partial charge in [0.2, 0.25) is 0 Å². The lowest BCUT2D eigenvalue weighted by Crippen LogP contribution is -2.35. The van der Waals surface area contributed by atoms with Crippen LogP contribution in [0.1, 0.15) is 29.3 Å². The Morgan fingerprint density at radius 2 is 1.77 bits per heavy atom. The van der Waals surface area contributed by atoms with Gasteiger partial charge in [-0.15, -0.1) is 11.8 Å². The van der Waals surface area contributed by atoms with Gasteiger partial charge in [-0.3, -0.25) is 9.10 Å². The second-order valence-corrected chi connectivity index (χ2v) is 10.4. The molecule has 1 amide bonds. The normalized spacial score (nSPS) is 13.5. The molecule has 4 rings (SSSR count). The quantitative estimate of drug-likeness (QED) is 0.523. The molecule has 0 radical (unpaired) electrons. The number of sulfonamides is 1. The number of hydrogen-bond donors (Lipinski definition) is 1. The number of amides is 1. The van der Waals surface area contributed by atoms with Crippen molar-refractivity contribution in [3.05, 3.63) is 83.9 Å². The Morgan fingerprint density at radius 1 is 1.03 bits per heavy atom. The second-order valence-electron chi connectivity index (χ2n) is 7.22. The van der Waals surface area contributed by atoms with Crippen LogP contribution in [0.25, 0.3) is 0 Å². The molecular weight excluding hydrogens is 428 g/mol. The van der Waals surface area contributed by atoms with Gasteiger partial charge in [-0.1, -0.05) is 37.3 Å². The summed E-state index contributed by atoms with van der Waals surface area (Å²) in [5.41, 5.74) is 2.90. The molecule has 0 fully saturated rings. The summed E-state index contributed by atoms with van der Waals surface area (Å²) in [6.07, 6.45) is 1.49. The van der Waals surface area contributed by atoms with Gasteiger partial charge in [-0.2, -0.15) is 0 Å². The topological polar surface area (TPSA) is 66.5 Å². The maximum absolute atomic E-state index is 13.2. The zero-order chi connectivity index (χ0) is 21.8. The predicted octanol–water partition coefficient (Wildman–Crippen LogP) is 5.19. The summed E-state index contributed by atoms with van der Waals surface area (Å²) in [7, 11) is -3.62. The molecule has 3 aromatic rings. The molecule has 5 nitrogen and oxygen atoms in total. The number of carbonyl (C=O) groups is 1. The summed E-state index contributed by atoms with van der Waals surface area (Å²) in [6, 6.07) is 21.5. The molecule has 0 atom stereocenters. The van der Waals surface area contributed by atoms with Crippen LogP contribution in [0.3, 0.4) is 0 Å². The lowest BCUT2D eigenvalue weighted by molar-refractivity contribution is 0.102. The Labute approximate surface area is 187 Å². The van der Waals surface area contributed by atoms with Crippen molar-refractivity contribution in [3.8, 4) is 0 Å². The highest BCUT2D eigenvalue weighted by molar-refractivity contribution is 7.99. The number of carbonyl (C=O) groups excluding carboxylic acids is 1. The minimum Gasteiger partial charge on any atom is -0.322 e. The molecule has 1 N–H and O–H groups in total. The zero-order valence-electron chi connectivity index (χ0n) is 17.2. The number of nitrogens with one attached hydrogen (secondary N) is 1. The number of anilines is 2. The minimum absolute atomic E-state index is 0.166. The van der Waals surface area contributed by atoms with Gasteiger partial charge in [0.1, 0.15) is 0 Å². The molecule has 160 valence electrons. The fourth-order valence-corrected chi connectivity index (χ4v) is 6.11. The second kappa shape index (κ2) is 9.16. The summed E-state index contributed by atoms with van der Waals surface area (Å²) in [5.74, 6) is 0.718. The van der Waals surface area contributed by atoms with E-state index in [0.717, 1.165) is 29.1 Å². The Morgan fingerprint density at radius 3 is 2.55 bits per heavy atom. The smallest absolute Gasteiger partial charge is 0.264 e. The monoisotopic (exact) mass is 452 g/mol. The maximum Gasteiger partial charge on any atom is 0.264 e. The molecule has 1 aliphatic rings. The van der Waals surface area contributed by atoms with Crippen LogP contribution in [-0.4, -0.2) is 26.6 Å². The van der Waals surface area contributed by atoms with Crippen molar-refractivity contribution >= 4 is 39.1 Å². The van der Waals surface area contributed by atoms with E-state index in [1.807, 2.05) is 30.3 Å². The van der Waals surface area contributed by atoms with Crippen LogP contribution < -0.4 is 9.62 Å². The Hall–Kier alpha value is -2.77. The third-order valence-corrected chi connectivity index (χ3v) is 7.96. The zero-order valence-corrected chi connectivity index (χ0v) is 18.9. The molecule has 1 aliphatic heterocycles. The van der Waals surface area contributed by atoms with Crippen LogP contribution >= 0.6 is 11.8 Å². The van der Waals surface area contributed by atoms with Crippen LogP contribution in [0.15, 0.2) is 82.6 Å². The number of benzene rings is 3. The first-order chi connectivity index (χ1) is 15.0. The largest absolute Gasteiger partial charge is 0.322 e. The molecular formula is C24H24N2O3S2. The molecule has 0 saturated heterocycles. The average molecular weight is 453 g/mol. The lowest BCUT2D eigenvalue weighted by atomic mass is 10.0. The van der Waals surface area contributed by atoms with E-state index in [1.54, 1.807) is 54.2 Å². The van der Waals surface area contributed by atoms with Crippen molar-refractivity contribution in [1.29, 1.82) is 0 Å².